The highest BCUT2D eigenvalue weighted by molar-refractivity contribution is 4.54. The molecule has 2 nitrogen and oxygen atoms in total. The largest absolute Gasteiger partial charge is 0.396 e. The lowest BCUT2D eigenvalue weighted by atomic mass is 10.0. The van der Waals surface area contributed by atoms with Gasteiger partial charge in [0.25, 0.3) is 0 Å². The van der Waals surface area contributed by atoms with Crippen molar-refractivity contribution in [2.75, 3.05) is 26.7 Å². The molecule has 0 radical (unpaired) electrons. The van der Waals surface area contributed by atoms with Crippen LogP contribution in [0.5, 0.6) is 0 Å². The van der Waals surface area contributed by atoms with E-state index in [0.29, 0.717) is 6.61 Å². The van der Waals surface area contributed by atoms with Crippen molar-refractivity contribution in [2.45, 2.75) is 161 Å². The third-order valence-electron chi connectivity index (χ3n) is 6.84. The quantitative estimate of drug-likeness (QED) is 0.129. The number of unbranched alkanes of at least 4 members (excludes halogenated alkanes) is 22. The van der Waals surface area contributed by atoms with Crippen LogP contribution in [-0.2, 0) is 0 Å². The first-order valence-corrected chi connectivity index (χ1v) is 14.6. The second-order valence-electron chi connectivity index (χ2n) is 10.2. The van der Waals surface area contributed by atoms with Gasteiger partial charge >= 0.3 is 0 Å². The fraction of sp³-hybridized carbons (Fsp3) is 1.00. The van der Waals surface area contributed by atoms with E-state index in [1.54, 1.807) is 0 Å². The Kier molecular flexibility index (Phi) is 27.9. The molecule has 0 amide bonds. The molecule has 0 saturated carbocycles. The molecule has 0 atom stereocenters. The van der Waals surface area contributed by atoms with Gasteiger partial charge in [-0.25, -0.2) is 0 Å². The summed E-state index contributed by atoms with van der Waals surface area (Å²) in [6.07, 6.45) is 34.3. The number of hydrogen-bond acceptors (Lipinski definition) is 2. The van der Waals surface area contributed by atoms with Crippen molar-refractivity contribution in [3.8, 4) is 0 Å². The van der Waals surface area contributed by atoms with Gasteiger partial charge in [0.05, 0.1) is 0 Å². The lowest BCUT2D eigenvalue weighted by Crippen LogP contribution is -2.21. The number of hydrogen-bond donors (Lipinski definition) is 1. The van der Waals surface area contributed by atoms with E-state index < -0.39 is 0 Å². The van der Waals surface area contributed by atoms with Gasteiger partial charge in [-0.1, -0.05) is 148 Å². The summed E-state index contributed by atoms with van der Waals surface area (Å²) in [6.45, 7) is 4.85. The molecule has 188 valence electrons. The third kappa shape index (κ3) is 27.9. The molecule has 0 aromatic carbocycles. The van der Waals surface area contributed by atoms with Crippen LogP contribution >= 0.6 is 0 Å². The molecule has 0 bridgehead atoms. The maximum Gasteiger partial charge on any atom is 0.0443 e. The zero-order chi connectivity index (χ0) is 22.7. The summed E-state index contributed by atoms with van der Waals surface area (Å²) in [6, 6.07) is 0. The molecule has 0 spiro atoms. The Morgan fingerprint density at radius 3 is 0.935 bits per heavy atom. The van der Waals surface area contributed by atoms with Crippen LogP contribution in [-0.4, -0.2) is 36.8 Å². The molecule has 0 aromatic rings. The molecular weight excluding hydrogens is 378 g/mol. The lowest BCUT2D eigenvalue weighted by Gasteiger charge is -2.15. The summed E-state index contributed by atoms with van der Waals surface area (Å²) in [5.41, 5.74) is 0. The zero-order valence-corrected chi connectivity index (χ0v) is 22.0. The molecule has 0 aliphatic heterocycles. The van der Waals surface area contributed by atoms with Gasteiger partial charge in [0.15, 0.2) is 0 Å². The van der Waals surface area contributed by atoms with E-state index in [4.69, 9.17) is 5.11 Å². The van der Waals surface area contributed by atoms with Gasteiger partial charge in [0.2, 0.25) is 0 Å². The van der Waals surface area contributed by atoms with Crippen molar-refractivity contribution in [1.29, 1.82) is 0 Å². The van der Waals surface area contributed by atoms with Crippen molar-refractivity contribution in [1.82, 2.24) is 4.90 Å². The summed E-state index contributed by atoms with van der Waals surface area (Å²) >= 11 is 0. The highest BCUT2D eigenvalue weighted by Gasteiger charge is 1.98. The van der Waals surface area contributed by atoms with Crippen LogP contribution in [0.2, 0.25) is 0 Å². The van der Waals surface area contributed by atoms with E-state index in [0.717, 1.165) is 13.0 Å². The Morgan fingerprint density at radius 1 is 0.387 bits per heavy atom. The fourth-order valence-electron chi connectivity index (χ4n) is 4.62. The van der Waals surface area contributed by atoms with Gasteiger partial charge in [0, 0.05) is 13.2 Å². The molecule has 2 heteroatoms. The van der Waals surface area contributed by atoms with E-state index in [-0.39, 0.29) is 0 Å². The Bertz CT molecular complexity index is 307. The molecule has 0 rings (SSSR count). The molecular formula is C29H61NO. The van der Waals surface area contributed by atoms with Crippen molar-refractivity contribution >= 4 is 0 Å². The molecule has 0 fully saturated rings. The number of rotatable bonds is 27. The summed E-state index contributed by atoms with van der Waals surface area (Å²) in [5, 5.41) is 8.85. The van der Waals surface area contributed by atoms with Crippen LogP contribution in [0.3, 0.4) is 0 Å². The number of aliphatic hydroxyl groups excluding tert-OH is 1. The molecule has 1 N–H and O–H groups in total. The normalized spacial score (nSPS) is 11.6. The monoisotopic (exact) mass is 439 g/mol. The number of nitrogens with zero attached hydrogens (tertiary/aromatic N) is 1. The second kappa shape index (κ2) is 28.0. The first-order chi connectivity index (χ1) is 15.3. The summed E-state index contributed by atoms with van der Waals surface area (Å²) in [7, 11) is 2.17. The van der Waals surface area contributed by atoms with E-state index >= 15 is 0 Å². The van der Waals surface area contributed by atoms with E-state index in [1.165, 1.54) is 154 Å². The zero-order valence-electron chi connectivity index (χ0n) is 22.0. The van der Waals surface area contributed by atoms with Gasteiger partial charge in [-0.2, -0.15) is 0 Å². The minimum absolute atomic E-state index is 0.323. The minimum Gasteiger partial charge on any atom is -0.396 e. The standard InChI is InChI=1S/C29H61NO/c1-3-4-5-6-7-8-9-10-11-12-13-14-15-16-17-18-19-20-21-22-23-24-25-27-30(2)28-26-29-31/h31H,3-29H2,1-2H3. The lowest BCUT2D eigenvalue weighted by molar-refractivity contribution is 0.245. The molecule has 0 aliphatic carbocycles. The predicted octanol–water partition coefficient (Wildman–Crippen LogP) is 9.29. The van der Waals surface area contributed by atoms with Gasteiger partial charge in [-0.3, -0.25) is 0 Å². The summed E-state index contributed by atoms with van der Waals surface area (Å²) < 4.78 is 0. The topological polar surface area (TPSA) is 23.5 Å². The Labute approximate surface area is 198 Å². The van der Waals surface area contributed by atoms with E-state index in [9.17, 15) is 0 Å². The highest BCUT2D eigenvalue weighted by atomic mass is 16.3. The van der Waals surface area contributed by atoms with Crippen LogP contribution in [0, 0.1) is 0 Å². The molecule has 0 aromatic heterocycles. The fourth-order valence-corrected chi connectivity index (χ4v) is 4.62. The highest BCUT2D eigenvalue weighted by Crippen LogP contribution is 2.15. The average molecular weight is 440 g/mol. The van der Waals surface area contributed by atoms with Crippen molar-refractivity contribution in [3.63, 3.8) is 0 Å². The molecule has 0 heterocycles. The average Bonchev–Trinajstić information content (AvgIpc) is 2.78. The summed E-state index contributed by atoms with van der Waals surface area (Å²) in [5.74, 6) is 0. The smallest absolute Gasteiger partial charge is 0.0443 e. The summed E-state index contributed by atoms with van der Waals surface area (Å²) in [4.78, 5) is 2.35. The van der Waals surface area contributed by atoms with E-state index in [1.807, 2.05) is 0 Å². The maximum atomic E-state index is 8.85. The van der Waals surface area contributed by atoms with Crippen molar-refractivity contribution in [2.24, 2.45) is 0 Å². The van der Waals surface area contributed by atoms with Crippen LogP contribution in [0.4, 0.5) is 0 Å². The van der Waals surface area contributed by atoms with Gasteiger partial charge < -0.3 is 10.0 Å². The first kappa shape index (κ1) is 30.9. The molecule has 31 heavy (non-hydrogen) atoms. The van der Waals surface area contributed by atoms with Gasteiger partial charge in [0.1, 0.15) is 0 Å². The van der Waals surface area contributed by atoms with Crippen LogP contribution in [0.1, 0.15) is 161 Å². The number of aliphatic hydroxyl groups is 1. The third-order valence-corrected chi connectivity index (χ3v) is 6.84. The van der Waals surface area contributed by atoms with Crippen molar-refractivity contribution < 1.29 is 5.11 Å². The molecule has 0 aliphatic rings. The maximum absolute atomic E-state index is 8.85. The van der Waals surface area contributed by atoms with Crippen LogP contribution in [0.15, 0.2) is 0 Å². The van der Waals surface area contributed by atoms with Gasteiger partial charge in [-0.05, 0) is 26.4 Å². The van der Waals surface area contributed by atoms with Crippen molar-refractivity contribution in [3.05, 3.63) is 0 Å². The molecule has 0 unspecified atom stereocenters. The van der Waals surface area contributed by atoms with Crippen LogP contribution < -0.4 is 0 Å². The van der Waals surface area contributed by atoms with E-state index in [2.05, 4.69) is 18.9 Å². The second-order valence-corrected chi connectivity index (χ2v) is 10.2. The van der Waals surface area contributed by atoms with Crippen LogP contribution in [0.25, 0.3) is 0 Å². The minimum atomic E-state index is 0.323. The Morgan fingerprint density at radius 2 is 0.645 bits per heavy atom. The SMILES string of the molecule is CCCCCCCCCCCCCCCCCCCCCCCCCN(C)CCCO. The predicted molar refractivity (Wildman–Crippen MR) is 141 cm³/mol. The molecule has 0 saturated heterocycles. The Balaban J connectivity index is 3.03. The Hall–Kier alpha value is -0.0800. The first-order valence-electron chi connectivity index (χ1n) is 14.6. The van der Waals surface area contributed by atoms with Gasteiger partial charge in [-0.15, -0.1) is 0 Å².